The molecule has 1 heterocycles. The molecule has 1 atom stereocenters. The second kappa shape index (κ2) is 6.08. The van der Waals surface area contributed by atoms with Crippen molar-refractivity contribution in [2.45, 2.75) is 25.3 Å². The molecular formula is C18H16FN3S. The van der Waals surface area contributed by atoms with Crippen LogP contribution >= 0.6 is 11.3 Å². The number of nitrogens with one attached hydrogen (secondary N) is 1. The molecule has 0 spiro atoms. The van der Waals surface area contributed by atoms with Crippen molar-refractivity contribution < 1.29 is 4.39 Å². The van der Waals surface area contributed by atoms with Gasteiger partial charge in [0.15, 0.2) is 0 Å². The molecule has 0 saturated heterocycles. The molecule has 3 nitrogen and oxygen atoms in total. The van der Waals surface area contributed by atoms with Gasteiger partial charge in [0.1, 0.15) is 10.8 Å². The highest BCUT2D eigenvalue weighted by Gasteiger charge is 2.22. The molecule has 2 aromatic carbocycles. The van der Waals surface area contributed by atoms with E-state index in [2.05, 4.69) is 39.8 Å². The van der Waals surface area contributed by atoms with Crippen molar-refractivity contribution in [3.05, 3.63) is 76.0 Å². The van der Waals surface area contributed by atoms with Gasteiger partial charge in [-0.15, -0.1) is 10.2 Å². The van der Waals surface area contributed by atoms with Gasteiger partial charge in [-0.3, -0.25) is 0 Å². The first-order valence-electron chi connectivity index (χ1n) is 7.69. The van der Waals surface area contributed by atoms with Crippen LogP contribution < -0.4 is 5.32 Å². The summed E-state index contributed by atoms with van der Waals surface area (Å²) in [6, 6.07) is 15.4. The van der Waals surface area contributed by atoms with Gasteiger partial charge >= 0.3 is 0 Å². The van der Waals surface area contributed by atoms with E-state index < -0.39 is 0 Å². The lowest BCUT2D eigenvalue weighted by Crippen LogP contribution is -2.06. The second-order valence-electron chi connectivity index (χ2n) is 5.74. The fraction of sp³-hybridized carbons (Fsp3) is 0.222. The van der Waals surface area contributed by atoms with Gasteiger partial charge in [-0.1, -0.05) is 47.7 Å². The molecule has 1 aromatic heterocycles. The minimum Gasteiger partial charge on any atom is -0.353 e. The third kappa shape index (κ3) is 3.10. The van der Waals surface area contributed by atoms with Crippen LogP contribution in [0.4, 0.5) is 9.52 Å². The molecule has 1 N–H and O–H groups in total. The van der Waals surface area contributed by atoms with Crippen LogP contribution in [-0.4, -0.2) is 10.2 Å². The Morgan fingerprint density at radius 1 is 1.09 bits per heavy atom. The minimum atomic E-state index is -0.215. The first-order valence-corrected chi connectivity index (χ1v) is 8.51. The van der Waals surface area contributed by atoms with Gasteiger partial charge in [0.05, 0.1) is 6.04 Å². The highest BCUT2D eigenvalue weighted by molar-refractivity contribution is 7.15. The quantitative estimate of drug-likeness (QED) is 0.774. The maximum atomic E-state index is 12.9. The number of halogens is 1. The number of aromatic nitrogens is 2. The molecule has 0 amide bonds. The van der Waals surface area contributed by atoms with Gasteiger partial charge in [-0.05, 0) is 41.7 Å². The van der Waals surface area contributed by atoms with E-state index in [0.717, 1.165) is 28.5 Å². The molecule has 4 rings (SSSR count). The van der Waals surface area contributed by atoms with E-state index in [1.54, 1.807) is 23.5 Å². The zero-order valence-corrected chi connectivity index (χ0v) is 13.3. The predicted octanol–water partition coefficient (Wildman–Crippen LogP) is 4.37. The molecule has 0 aliphatic heterocycles. The van der Waals surface area contributed by atoms with Crippen LogP contribution in [0.25, 0.3) is 0 Å². The first kappa shape index (κ1) is 14.3. The number of hydrogen-bond donors (Lipinski definition) is 1. The predicted molar refractivity (Wildman–Crippen MR) is 90.2 cm³/mol. The van der Waals surface area contributed by atoms with Crippen LogP contribution in [0.1, 0.15) is 34.2 Å². The van der Waals surface area contributed by atoms with Crippen LogP contribution in [-0.2, 0) is 12.8 Å². The van der Waals surface area contributed by atoms with Crippen LogP contribution in [0, 0.1) is 5.82 Å². The zero-order chi connectivity index (χ0) is 15.6. The molecule has 0 bridgehead atoms. The Kier molecular flexibility index (Phi) is 3.79. The largest absolute Gasteiger partial charge is 0.353 e. The second-order valence-corrected chi connectivity index (χ2v) is 6.80. The van der Waals surface area contributed by atoms with Crippen molar-refractivity contribution in [2.75, 3.05) is 5.32 Å². The number of aryl methyl sites for hydroxylation is 1. The molecule has 0 radical (unpaired) electrons. The summed E-state index contributed by atoms with van der Waals surface area (Å²) in [7, 11) is 0. The Labute approximate surface area is 138 Å². The molecule has 116 valence electrons. The lowest BCUT2D eigenvalue weighted by molar-refractivity contribution is 0.627. The van der Waals surface area contributed by atoms with Crippen molar-refractivity contribution in [1.29, 1.82) is 0 Å². The van der Waals surface area contributed by atoms with Crippen LogP contribution in [0.5, 0.6) is 0 Å². The highest BCUT2D eigenvalue weighted by atomic mass is 32.1. The summed E-state index contributed by atoms with van der Waals surface area (Å²) in [6.07, 6.45) is 2.88. The SMILES string of the molecule is Fc1ccc(Cc2nnc(NC3CCc4ccccc43)s2)cc1. The average molecular weight is 325 g/mol. The highest BCUT2D eigenvalue weighted by Crippen LogP contribution is 2.34. The van der Waals surface area contributed by atoms with Gasteiger partial charge in [-0.25, -0.2) is 4.39 Å². The van der Waals surface area contributed by atoms with Gasteiger partial charge in [0, 0.05) is 6.42 Å². The number of hydrogen-bond acceptors (Lipinski definition) is 4. The fourth-order valence-corrected chi connectivity index (χ4v) is 3.84. The van der Waals surface area contributed by atoms with Crippen molar-refractivity contribution >= 4 is 16.5 Å². The number of rotatable bonds is 4. The molecular weight excluding hydrogens is 309 g/mol. The summed E-state index contributed by atoms with van der Waals surface area (Å²) in [5.41, 5.74) is 3.82. The molecule has 1 aliphatic rings. The maximum Gasteiger partial charge on any atom is 0.206 e. The van der Waals surface area contributed by atoms with Crippen LogP contribution in [0.3, 0.4) is 0 Å². The molecule has 1 unspecified atom stereocenters. The van der Waals surface area contributed by atoms with Gasteiger partial charge in [0.25, 0.3) is 0 Å². The van der Waals surface area contributed by atoms with Crippen LogP contribution in [0.15, 0.2) is 48.5 Å². The number of benzene rings is 2. The Morgan fingerprint density at radius 2 is 1.91 bits per heavy atom. The topological polar surface area (TPSA) is 37.8 Å². The molecule has 5 heteroatoms. The summed E-state index contributed by atoms with van der Waals surface area (Å²) in [5.74, 6) is -0.215. The van der Waals surface area contributed by atoms with Crippen molar-refractivity contribution in [3.63, 3.8) is 0 Å². The summed E-state index contributed by atoms with van der Waals surface area (Å²) in [4.78, 5) is 0. The first-order chi connectivity index (χ1) is 11.3. The fourth-order valence-electron chi connectivity index (χ4n) is 3.02. The lowest BCUT2D eigenvalue weighted by atomic mass is 10.1. The van der Waals surface area contributed by atoms with Crippen molar-refractivity contribution in [3.8, 4) is 0 Å². The van der Waals surface area contributed by atoms with E-state index in [1.165, 1.54) is 23.3 Å². The number of anilines is 1. The number of nitrogens with zero attached hydrogens (tertiary/aromatic N) is 2. The van der Waals surface area contributed by atoms with E-state index in [-0.39, 0.29) is 5.82 Å². The molecule has 0 saturated carbocycles. The third-order valence-corrected chi connectivity index (χ3v) is 5.02. The van der Waals surface area contributed by atoms with E-state index in [4.69, 9.17) is 0 Å². The van der Waals surface area contributed by atoms with Gasteiger partial charge < -0.3 is 5.32 Å². The molecule has 3 aromatic rings. The van der Waals surface area contributed by atoms with Crippen LogP contribution in [0.2, 0.25) is 0 Å². The van der Waals surface area contributed by atoms with Crippen molar-refractivity contribution in [2.24, 2.45) is 0 Å². The standard InChI is InChI=1S/C18H16FN3S/c19-14-8-5-12(6-9-14)11-17-21-22-18(23-17)20-16-10-7-13-3-1-2-4-15(13)16/h1-6,8-9,16H,7,10-11H2,(H,20,22). The molecule has 23 heavy (non-hydrogen) atoms. The molecule has 1 aliphatic carbocycles. The van der Waals surface area contributed by atoms with E-state index in [9.17, 15) is 4.39 Å². The summed E-state index contributed by atoms with van der Waals surface area (Å²) >= 11 is 1.57. The van der Waals surface area contributed by atoms with Crippen molar-refractivity contribution in [1.82, 2.24) is 10.2 Å². The Balaban J connectivity index is 1.45. The summed E-state index contributed by atoms with van der Waals surface area (Å²) < 4.78 is 12.9. The third-order valence-electron chi connectivity index (χ3n) is 4.17. The average Bonchev–Trinajstić information content (AvgIpc) is 3.18. The Bertz CT molecular complexity index is 813. The van der Waals surface area contributed by atoms with Gasteiger partial charge in [-0.2, -0.15) is 0 Å². The smallest absolute Gasteiger partial charge is 0.206 e. The Morgan fingerprint density at radius 3 is 2.78 bits per heavy atom. The number of fused-ring (bicyclic) bond motifs is 1. The summed E-state index contributed by atoms with van der Waals surface area (Å²) in [5, 5.41) is 13.8. The normalized spacial score (nSPS) is 16.3. The van der Waals surface area contributed by atoms with Gasteiger partial charge in [0.2, 0.25) is 5.13 Å². The molecule has 0 fully saturated rings. The lowest BCUT2D eigenvalue weighted by Gasteiger charge is -2.12. The maximum absolute atomic E-state index is 12.9. The van der Waals surface area contributed by atoms with E-state index in [0.29, 0.717) is 12.5 Å². The minimum absolute atomic E-state index is 0.215. The summed E-state index contributed by atoms with van der Waals surface area (Å²) in [6.45, 7) is 0. The van der Waals surface area contributed by atoms with E-state index >= 15 is 0 Å². The monoisotopic (exact) mass is 325 g/mol. The van der Waals surface area contributed by atoms with E-state index in [1.807, 2.05) is 0 Å². The zero-order valence-electron chi connectivity index (χ0n) is 12.5. The Hall–Kier alpha value is -2.27.